The average Bonchev–Trinajstić information content (AvgIpc) is 3.12. The fraction of sp³-hybridized carbons (Fsp3) is 0.933. The Morgan fingerprint density at radius 1 is 0.314 bits per heavy atom. The van der Waals surface area contributed by atoms with Gasteiger partial charge in [-0.25, -0.2) is 0 Å². The van der Waals surface area contributed by atoms with Gasteiger partial charge in [-0.15, -0.1) is 0 Å². The van der Waals surface area contributed by atoms with Gasteiger partial charge in [0, 0.05) is 19.3 Å². The lowest BCUT2D eigenvalue weighted by Gasteiger charge is -2.18. The van der Waals surface area contributed by atoms with E-state index in [-0.39, 0.29) is 31.1 Å². The summed E-state index contributed by atoms with van der Waals surface area (Å²) in [6.45, 7) is 6.50. The van der Waals surface area contributed by atoms with E-state index in [0.29, 0.717) is 19.3 Å². The number of carbonyl (C=O) groups is 3. The molecule has 51 heavy (non-hydrogen) atoms. The van der Waals surface area contributed by atoms with Crippen LogP contribution in [0.4, 0.5) is 0 Å². The zero-order valence-corrected chi connectivity index (χ0v) is 34.4. The maximum absolute atomic E-state index is 12.6. The molecular weight excluding hydrogens is 636 g/mol. The van der Waals surface area contributed by atoms with E-state index in [1.807, 2.05) is 0 Å². The van der Waals surface area contributed by atoms with Crippen LogP contribution in [-0.4, -0.2) is 37.2 Å². The molecule has 0 saturated carbocycles. The third-order valence-electron chi connectivity index (χ3n) is 10.1. The van der Waals surface area contributed by atoms with Crippen LogP contribution in [-0.2, 0) is 28.6 Å². The van der Waals surface area contributed by atoms with Crippen LogP contribution < -0.4 is 0 Å². The molecule has 0 heterocycles. The van der Waals surface area contributed by atoms with Crippen molar-refractivity contribution in [2.75, 3.05) is 13.2 Å². The van der Waals surface area contributed by atoms with Crippen LogP contribution in [0.15, 0.2) is 0 Å². The Labute approximate surface area is 317 Å². The Bertz CT molecular complexity index is 753. The van der Waals surface area contributed by atoms with Gasteiger partial charge in [-0.05, 0) is 19.3 Å². The summed E-state index contributed by atoms with van der Waals surface area (Å²) in [7, 11) is 0. The van der Waals surface area contributed by atoms with Gasteiger partial charge in [0.05, 0.1) is 0 Å². The predicted octanol–water partition coefficient (Wildman–Crippen LogP) is 14.1. The molecule has 0 radical (unpaired) electrons. The van der Waals surface area contributed by atoms with Crippen molar-refractivity contribution < 1.29 is 28.6 Å². The van der Waals surface area contributed by atoms with Crippen LogP contribution >= 0.6 is 0 Å². The Kier molecular flexibility index (Phi) is 39.9. The standard InChI is InChI=1S/C45H86O6/c1-4-7-10-12-14-16-18-20-22-24-26-28-30-32-35-38-44(47)50-41-42(40-49-43(46)37-34-9-6-3)51-45(48)39-36-33-31-29-27-25-23-21-19-17-15-13-11-8-5-2/h42H,4-41H2,1-3H3/t42-/m0/s1. The Balaban J connectivity index is 4.06. The van der Waals surface area contributed by atoms with E-state index in [0.717, 1.165) is 57.8 Å². The van der Waals surface area contributed by atoms with Gasteiger partial charge in [0.1, 0.15) is 13.2 Å². The normalized spacial score (nSPS) is 11.8. The van der Waals surface area contributed by atoms with E-state index in [1.165, 1.54) is 154 Å². The number of rotatable bonds is 41. The predicted molar refractivity (Wildman–Crippen MR) is 215 cm³/mol. The van der Waals surface area contributed by atoms with Crippen LogP contribution in [0.5, 0.6) is 0 Å². The lowest BCUT2D eigenvalue weighted by molar-refractivity contribution is -0.167. The van der Waals surface area contributed by atoms with Crippen molar-refractivity contribution in [1.29, 1.82) is 0 Å². The smallest absolute Gasteiger partial charge is 0.306 e. The Morgan fingerprint density at radius 2 is 0.529 bits per heavy atom. The summed E-state index contributed by atoms with van der Waals surface area (Å²) >= 11 is 0. The van der Waals surface area contributed by atoms with Gasteiger partial charge in [-0.3, -0.25) is 14.4 Å². The quantitative estimate of drug-likeness (QED) is 0.0355. The van der Waals surface area contributed by atoms with Crippen LogP contribution in [0.1, 0.15) is 252 Å². The second-order valence-electron chi connectivity index (χ2n) is 15.3. The van der Waals surface area contributed by atoms with Crippen molar-refractivity contribution in [3.05, 3.63) is 0 Å². The fourth-order valence-corrected chi connectivity index (χ4v) is 6.68. The molecule has 1 atom stereocenters. The highest BCUT2D eigenvalue weighted by atomic mass is 16.6. The molecule has 0 saturated heterocycles. The third kappa shape index (κ3) is 39.5. The highest BCUT2D eigenvalue weighted by molar-refractivity contribution is 5.71. The first-order chi connectivity index (χ1) is 25.0. The largest absolute Gasteiger partial charge is 0.462 e. The topological polar surface area (TPSA) is 78.9 Å². The zero-order valence-electron chi connectivity index (χ0n) is 34.4. The molecule has 0 amide bonds. The van der Waals surface area contributed by atoms with Crippen molar-refractivity contribution in [2.24, 2.45) is 0 Å². The second-order valence-corrected chi connectivity index (χ2v) is 15.3. The van der Waals surface area contributed by atoms with Crippen LogP contribution in [0.25, 0.3) is 0 Å². The highest BCUT2D eigenvalue weighted by Crippen LogP contribution is 2.16. The number of hydrogen-bond donors (Lipinski definition) is 0. The number of ether oxygens (including phenoxy) is 3. The molecular formula is C45H86O6. The molecule has 0 aliphatic heterocycles. The van der Waals surface area contributed by atoms with E-state index in [1.54, 1.807) is 0 Å². The summed E-state index contributed by atoms with van der Waals surface area (Å²) in [6, 6.07) is 0. The van der Waals surface area contributed by atoms with Gasteiger partial charge in [0.2, 0.25) is 0 Å². The zero-order chi connectivity index (χ0) is 37.3. The monoisotopic (exact) mass is 723 g/mol. The summed E-state index contributed by atoms with van der Waals surface area (Å²) in [5.74, 6) is -0.881. The molecule has 302 valence electrons. The van der Waals surface area contributed by atoms with Gasteiger partial charge in [-0.2, -0.15) is 0 Å². The van der Waals surface area contributed by atoms with E-state index in [2.05, 4.69) is 20.8 Å². The number of unbranched alkanes of at least 4 members (excludes halogenated alkanes) is 30. The molecule has 0 spiro atoms. The maximum atomic E-state index is 12.6. The summed E-state index contributed by atoms with van der Waals surface area (Å²) in [6.07, 6.45) is 41.5. The van der Waals surface area contributed by atoms with Crippen molar-refractivity contribution >= 4 is 17.9 Å². The van der Waals surface area contributed by atoms with Crippen molar-refractivity contribution in [3.8, 4) is 0 Å². The van der Waals surface area contributed by atoms with E-state index in [4.69, 9.17) is 14.2 Å². The molecule has 0 aliphatic carbocycles. The lowest BCUT2D eigenvalue weighted by Crippen LogP contribution is -2.30. The first-order valence-corrected chi connectivity index (χ1v) is 22.5. The first kappa shape index (κ1) is 49.4. The minimum absolute atomic E-state index is 0.0651. The second kappa shape index (κ2) is 41.2. The summed E-state index contributed by atoms with van der Waals surface area (Å²) < 4.78 is 16.5. The molecule has 6 nitrogen and oxygen atoms in total. The van der Waals surface area contributed by atoms with Crippen LogP contribution in [0.2, 0.25) is 0 Å². The molecule has 0 N–H and O–H groups in total. The van der Waals surface area contributed by atoms with Gasteiger partial charge in [0.15, 0.2) is 6.10 Å². The third-order valence-corrected chi connectivity index (χ3v) is 10.1. The number of esters is 3. The molecule has 0 fully saturated rings. The molecule has 0 rings (SSSR count). The first-order valence-electron chi connectivity index (χ1n) is 22.5. The summed E-state index contributed by atoms with van der Waals surface area (Å²) in [5.41, 5.74) is 0. The minimum Gasteiger partial charge on any atom is -0.462 e. The Morgan fingerprint density at radius 3 is 0.824 bits per heavy atom. The highest BCUT2D eigenvalue weighted by Gasteiger charge is 2.19. The molecule has 0 aliphatic rings. The number of hydrogen-bond acceptors (Lipinski definition) is 6. The van der Waals surface area contributed by atoms with Crippen molar-refractivity contribution in [2.45, 2.75) is 258 Å². The molecule has 6 heteroatoms. The Hall–Kier alpha value is -1.59. The lowest BCUT2D eigenvalue weighted by atomic mass is 10.0. The van der Waals surface area contributed by atoms with E-state index in [9.17, 15) is 14.4 Å². The molecule has 0 aromatic rings. The maximum Gasteiger partial charge on any atom is 0.306 e. The molecule has 0 bridgehead atoms. The van der Waals surface area contributed by atoms with E-state index >= 15 is 0 Å². The van der Waals surface area contributed by atoms with Gasteiger partial charge < -0.3 is 14.2 Å². The van der Waals surface area contributed by atoms with E-state index < -0.39 is 6.10 Å². The summed E-state index contributed by atoms with van der Waals surface area (Å²) in [4.78, 5) is 37.2. The molecule has 0 aromatic carbocycles. The van der Waals surface area contributed by atoms with Gasteiger partial charge in [-0.1, -0.05) is 213 Å². The average molecular weight is 723 g/mol. The SMILES string of the molecule is CCCCCCCCCCCCCCCCCC(=O)OC[C@H](COC(=O)CCCCC)OC(=O)CCCCCCCCCCCCCCCCC. The molecule has 0 unspecified atom stereocenters. The van der Waals surface area contributed by atoms with Crippen molar-refractivity contribution in [1.82, 2.24) is 0 Å². The minimum atomic E-state index is -0.756. The summed E-state index contributed by atoms with van der Waals surface area (Å²) in [5, 5.41) is 0. The molecule has 0 aromatic heterocycles. The van der Waals surface area contributed by atoms with Crippen LogP contribution in [0.3, 0.4) is 0 Å². The van der Waals surface area contributed by atoms with Gasteiger partial charge >= 0.3 is 17.9 Å². The fourth-order valence-electron chi connectivity index (χ4n) is 6.68. The van der Waals surface area contributed by atoms with Crippen LogP contribution in [0, 0.1) is 0 Å². The van der Waals surface area contributed by atoms with Crippen molar-refractivity contribution in [3.63, 3.8) is 0 Å². The number of carbonyl (C=O) groups excluding carboxylic acids is 3. The van der Waals surface area contributed by atoms with Gasteiger partial charge in [0.25, 0.3) is 0 Å².